The van der Waals surface area contributed by atoms with Crippen LogP contribution in [0.25, 0.3) is 0 Å². The van der Waals surface area contributed by atoms with Gasteiger partial charge in [0.15, 0.2) is 0 Å². The summed E-state index contributed by atoms with van der Waals surface area (Å²) < 4.78 is 10.4. The molecule has 2 atom stereocenters. The SMILES string of the molecule is COC(=O)[C@H]1C[C@@H](Oc2ccc(Cl)cc2)CN1. The summed E-state index contributed by atoms with van der Waals surface area (Å²) in [5.74, 6) is 0.513. The van der Waals surface area contributed by atoms with Crippen molar-refractivity contribution in [1.82, 2.24) is 5.32 Å². The molecular weight excluding hydrogens is 242 g/mol. The first-order valence-electron chi connectivity index (χ1n) is 5.42. The quantitative estimate of drug-likeness (QED) is 0.834. The Morgan fingerprint density at radius 2 is 2.12 bits per heavy atom. The lowest BCUT2D eigenvalue weighted by Crippen LogP contribution is -2.31. The number of hydrogen-bond donors (Lipinski definition) is 1. The van der Waals surface area contributed by atoms with E-state index in [2.05, 4.69) is 10.1 Å². The summed E-state index contributed by atoms with van der Waals surface area (Å²) in [5.41, 5.74) is 0. The molecule has 1 heterocycles. The van der Waals surface area contributed by atoms with Crippen molar-refractivity contribution < 1.29 is 14.3 Å². The van der Waals surface area contributed by atoms with Gasteiger partial charge in [0.1, 0.15) is 17.9 Å². The van der Waals surface area contributed by atoms with Crippen LogP contribution in [0.1, 0.15) is 6.42 Å². The second-order valence-corrected chi connectivity index (χ2v) is 4.35. The maximum absolute atomic E-state index is 11.3. The van der Waals surface area contributed by atoms with E-state index in [-0.39, 0.29) is 18.1 Å². The van der Waals surface area contributed by atoms with Crippen LogP contribution in [0.2, 0.25) is 5.02 Å². The van der Waals surface area contributed by atoms with Crippen molar-refractivity contribution in [2.24, 2.45) is 0 Å². The molecule has 0 unspecified atom stereocenters. The fourth-order valence-corrected chi connectivity index (χ4v) is 1.95. The van der Waals surface area contributed by atoms with Gasteiger partial charge in [0.05, 0.1) is 7.11 Å². The van der Waals surface area contributed by atoms with Gasteiger partial charge < -0.3 is 14.8 Å². The third kappa shape index (κ3) is 3.11. The molecule has 1 aliphatic rings. The summed E-state index contributed by atoms with van der Waals surface area (Å²) in [5, 5.41) is 3.74. The summed E-state index contributed by atoms with van der Waals surface area (Å²) in [6.45, 7) is 0.641. The van der Waals surface area contributed by atoms with Crippen LogP contribution in [-0.2, 0) is 9.53 Å². The Morgan fingerprint density at radius 3 is 2.76 bits per heavy atom. The zero-order valence-corrected chi connectivity index (χ0v) is 10.2. The largest absolute Gasteiger partial charge is 0.489 e. The van der Waals surface area contributed by atoms with Crippen molar-refractivity contribution in [2.45, 2.75) is 18.6 Å². The fourth-order valence-electron chi connectivity index (χ4n) is 1.82. The Balaban J connectivity index is 1.89. The predicted molar refractivity (Wildman–Crippen MR) is 64.3 cm³/mol. The Morgan fingerprint density at radius 1 is 1.41 bits per heavy atom. The summed E-state index contributed by atoms with van der Waals surface area (Å²) in [6.07, 6.45) is 0.607. The highest BCUT2D eigenvalue weighted by Gasteiger charge is 2.31. The van der Waals surface area contributed by atoms with E-state index in [1.807, 2.05) is 12.1 Å². The van der Waals surface area contributed by atoms with Gasteiger partial charge >= 0.3 is 5.97 Å². The molecule has 1 aromatic rings. The predicted octanol–water partition coefficient (Wildman–Crippen LogP) is 1.62. The molecule has 1 aliphatic heterocycles. The van der Waals surface area contributed by atoms with Gasteiger partial charge in [-0.25, -0.2) is 0 Å². The Bertz CT molecular complexity index is 393. The molecule has 1 fully saturated rings. The lowest BCUT2D eigenvalue weighted by molar-refractivity contribution is -0.142. The normalized spacial score (nSPS) is 23.4. The van der Waals surface area contributed by atoms with E-state index in [4.69, 9.17) is 16.3 Å². The minimum absolute atomic E-state index is 0.0136. The maximum Gasteiger partial charge on any atom is 0.323 e. The number of methoxy groups -OCH3 is 1. The molecule has 1 aromatic carbocycles. The Hall–Kier alpha value is -1.26. The molecule has 0 aromatic heterocycles. The van der Waals surface area contributed by atoms with Crippen molar-refractivity contribution in [2.75, 3.05) is 13.7 Å². The molecule has 92 valence electrons. The highest BCUT2D eigenvalue weighted by molar-refractivity contribution is 6.30. The van der Waals surface area contributed by atoms with Crippen molar-refractivity contribution >= 4 is 17.6 Å². The average Bonchev–Trinajstić information content (AvgIpc) is 2.80. The van der Waals surface area contributed by atoms with E-state index >= 15 is 0 Å². The van der Waals surface area contributed by atoms with Crippen molar-refractivity contribution in [1.29, 1.82) is 0 Å². The number of carbonyl (C=O) groups excluding carboxylic acids is 1. The van der Waals surface area contributed by atoms with Crippen LogP contribution in [0.3, 0.4) is 0 Å². The van der Waals surface area contributed by atoms with Gasteiger partial charge in [-0.2, -0.15) is 0 Å². The number of esters is 1. The van der Waals surface area contributed by atoms with Crippen LogP contribution in [0, 0.1) is 0 Å². The second kappa shape index (κ2) is 5.38. The number of hydrogen-bond acceptors (Lipinski definition) is 4. The van der Waals surface area contributed by atoms with Crippen LogP contribution < -0.4 is 10.1 Å². The number of rotatable bonds is 3. The molecule has 1 saturated heterocycles. The molecule has 0 radical (unpaired) electrons. The molecule has 0 aliphatic carbocycles. The number of ether oxygens (including phenoxy) is 2. The van der Waals surface area contributed by atoms with Crippen molar-refractivity contribution in [3.8, 4) is 5.75 Å². The fraction of sp³-hybridized carbons (Fsp3) is 0.417. The van der Waals surface area contributed by atoms with Gasteiger partial charge in [-0.05, 0) is 24.3 Å². The third-order valence-electron chi connectivity index (χ3n) is 2.69. The molecule has 1 N–H and O–H groups in total. The molecule has 0 amide bonds. The number of benzene rings is 1. The topological polar surface area (TPSA) is 47.6 Å². The van der Waals surface area contributed by atoms with Crippen molar-refractivity contribution in [3.05, 3.63) is 29.3 Å². The van der Waals surface area contributed by atoms with E-state index in [9.17, 15) is 4.79 Å². The highest BCUT2D eigenvalue weighted by Crippen LogP contribution is 2.20. The molecule has 17 heavy (non-hydrogen) atoms. The first-order chi connectivity index (χ1) is 8.19. The monoisotopic (exact) mass is 255 g/mol. The second-order valence-electron chi connectivity index (χ2n) is 3.91. The van der Waals surface area contributed by atoms with Crippen LogP contribution >= 0.6 is 11.6 Å². The zero-order valence-electron chi connectivity index (χ0n) is 9.48. The van der Waals surface area contributed by atoms with Gasteiger partial charge in [0, 0.05) is 18.0 Å². The van der Waals surface area contributed by atoms with Gasteiger partial charge in [0.2, 0.25) is 0 Å². The Kier molecular flexibility index (Phi) is 3.86. The maximum atomic E-state index is 11.3. The summed E-state index contributed by atoms with van der Waals surface area (Å²) in [4.78, 5) is 11.3. The van der Waals surface area contributed by atoms with Gasteiger partial charge in [-0.1, -0.05) is 11.6 Å². The first kappa shape index (κ1) is 12.2. The van der Waals surface area contributed by atoms with Crippen LogP contribution in [0.15, 0.2) is 24.3 Å². The van der Waals surface area contributed by atoms with Gasteiger partial charge in [-0.3, -0.25) is 4.79 Å². The molecule has 0 bridgehead atoms. The lowest BCUT2D eigenvalue weighted by atomic mass is 10.2. The van der Waals surface area contributed by atoms with Crippen LogP contribution in [-0.4, -0.2) is 31.8 Å². The molecular formula is C12H14ClNO3. The summed E-state index contributed by atoms with van der Waals surface area (Å²) in [7, 11) is 1.39. The minimum atomic E-state index is -0.266. The summed E-state index contributed by atoms with van der Waals surface area (Å²) in [6, 6.07) is 6.91. The highest BCUT2D eigenvalue weighted by atomic mass is 35.5. The van der Waals surface area contributed by atoms with E-state index in [0.717, 1.165) is 5.75 Å². The number of halogens is 1. The molecule has 2 rings (SSSR count). The van der Waals surface area contributed by atoms with Crippen LogP contribution in [0.5, 0.6) is 5.75 Å². The lowest BCUT2D eigenvalue weighted by Gasteiger charge is -2.12. The average molecular weight is 256 g/mol. The molecule has 5 heteroatoms. The van der Waals surface area contributed by atoms with E-state index < -0.39 is 0 Å². The van der Waals surface area contributed by atoms with E-state index in [0.29, 0.717) is 18.0 Å². The smallest absolute Gasteiger partial charge is 0.323 e. The molecule has 4 nitrogen and oxygen atoms in total. The third-order valence-corrected chi connectivity index (χ3v) is 2.94. The summed E-state index contributed by atoms with van der Waals surface area (Å²) >= 11 is 5.78. The number of nitrogens with one attached hydrogen (secondary N) is 1. The Labute approximate surface area is 105 Å². The van der Waals surface area contributed by atoms with E-state index in [1.54, 1.807) is 12.1 Å². The van der Waals surface area contributed by atoms with Crippen LogP contribution in [0.4, 0.5) is 0 Å². The number of carbonyl (C=O) groups is 1. The van der Waals surface area contributed by atoms with E-state index in [1.165, 1.54) is 7.11 Å². The molecule has 0 saturated carbocycles. The standard InChI is InChI=1S/C12H14ClNO3/c1-16-12(15)11-6-10(7-14-11)17-9-4-2-8(13)3-5-9/h2-5,10-11,14H,6-7H2,1H3/t10-,11-/m1/s1. The van der Waals surface area contributed by atoms with Gasteiger partial charge in [0.25, 0.3) is 0 Å². The zero-order chi connectivity index (χ0) is 12.3. The first-order valence-corrected chi connectivity index (χ1v) is 5.80. The minimum Gasteiger partial charge on any atom is -0.489 e. The van der Waals surface area contributed by atoms with Crippen molar-refractivity contribution in [3.63, 3.8) is 0 Å². The van der Waals surface area contributed by atoms with Gasteiger partial charge in [-0.15, -0.1) is 0 Å². The molecule has 0 spiro atoms.